The number of ether oxygens (including phenoxy) is 1. The molecule has 0 aromatic heterocycles. The second kappa shape index (κ2) is 6.88. The first-order valence-electron chi connectivity index (χ1n) is 7.83. The minimum absolute atomic E-state index is 0.618. The van der Waals surface area contributed by atoms with E-state index >= 15 is 0 Å². The van der Waals surface area contributed by atoms with E-state index in [9.17, 15) is 0 Å². The van der Waals surface area contributed by atoms with Crippen LogP contribution in [0.25, 0.3) is 0 Å². The normalized spacial score (nSPS) is 35.2. The maximum atomic E-state index is 5.57. The highest BCUT2D eigenvalue weighted by Gasteiger charge is 2.34. The van der Waals surface area contributed by atoms with Crippen LogP contribution in [0.2, 0.25) is 0 Å². The first-order chi connectivity index (χ1) is 8.76. The Morgan fingerprint density at radius 2 is 2.11 bits per heavy atom. The molecule has 2 rings (SSSR count). The number of nitrogens with one attached hydrogen (secondary N) is 1. The third-order valence-electron chi connectivity index (χ3n) is 4.83. The topological polar surface area (TPSA) is 24.5 Å². The summed E-state index contributed by atoms with van der Waals surface area (Å²) in [5, 5.41) is 3.69. The largest absolute Gasteiger partial charge is 0.381 e. The van der Waals surface area contributed by atoms with Crippen LogP contribution in [0.5, 0.6) is 0 Å². The van der Waals surface area contributed by atoms with E-state index in [0.717, 1.165) is 37.8 Å². The highest BCUT2D eigenvalue weighted by atomic mass is 16.5. The van der Waals surface area contributed by atoms with Gasteiger partial charge in [-0.15, -0.1) is 0 Å². The van der Waals surface area contributed by atoms with Crippen molar-refractivity contribution >= 4 is 0 Å². The van der Waals surface area contributed by atoms with Crippen molar-refractivity contribution in [2.75, 3.05) is 26.3 Å². The summed E-state index contributed by atoms with van der Waals surface area (Å²) in [6.07, 6.45) is 5.29. The highest BCUT2D eigenvalue weighted by Crippen LogP contribution is 2.28. The van der Waals surface area contributed by atoms with Gasteiger partial charge in [0.2, 0.25) is 0 Å². The van der Waals surface area contributed by atoms with Crippen molar-refractivity contribution in [3.8, 4) is 0 Å². The molecule has 1 N–H and O–H groups in total. The Balaban J connectivity index is 1.94. The Bertz CT molecular complexity index is 241. The maximum Gasteiger partial charge on any atom is 0.0510 e. The molecule has 2 aliphatic heterocycles. The summed E-state index contributed by atoms with van der Waals surface area (Å²) in [7, 11) is 0. The Kier molecular flexibility index (Phi) is 5.46. The fourth-order valence-electron chi connectivity index (χ4n) is 3.63. The summed E-state index contributed by atoms with van der Waals surface area (Å²) < 4.78 is 5.57. The summed E-state index contributed by atoms with van der Waals surface area (Å²) in [6, 6.07) is 2.19. The maximum absolute atomic E-state index is 5.57. The molecule has 3 nitrogen and oxygen atoms in total. The molecule has 106 valence electrons. The zero-order valence-electron chi connectivity index (χ0n) is 12.3. The van der Waals surface area contributed by atoms with Gasteiger partial charge < -0.3 is 10.1 Å². The van der Waals surface area contributed by atoms with Crippen molar-refractivity contribution in [2.24, 2.45) is 5.92 Å². The summed E-state index contributed by atoms with van der Waals surface area (Å²) in [6.45, 7) is 11.1. The van der Waals surface area contributed by atoms with Crippen molar-refractivity contribution in [2.45, 2.75) is 64.6 Å². The van der Waals surface area contributed by atoms with E-state index in [-0.39, 0.29) is 0 Å². The summed E-state index contributed by atoms with van der Waals surface area (Å²) in [5.41, 5.74) is 0. The lowest BCUT2D eigenvalue weighted by atomic mass is 9.97. The fraction of sp³-hybridized carbons (Fsp3) is 1.00. The van der Waals surface area contributed by atoms with E-state index in [1.165, 1.54) is 32.2 Å². The van der Waals surface area contributed by atoms with Crippen molar-refractivity contribution in [3.63, 3.8) is 0 Å². The standard InChI is InChI=1S/C15H30N2O/c1-4-14-7-6-12(3)17(14)10-15(16-5-2)13-8-9-18-11-13/h12-16H,4-11H2,1-3H3. The molecular weight excluding hydrogens is 224 g/mol. The average molecular weight is 254 g/mol. The summed E-state index contributed by atoms with van der Waals surface area (Å²) >= 11 is 0. The van der Waals surface area contributed by atoms with E-state index in [2.05, 4.69) is 31.0 Å². The number of hydrogen-bond acceptors (Lipinski definition) is 3. The Labute approximate surface area is 112 Å². The van der Waals surface area contributed by atoms with E-state index in [1.807, 2.05) is 0 Å². The van der Waals surface area contributed by atoms with Crippen LogP contribution in [0.1, 0.15) is 46.5 Å². The van der Waals surface area contributed by atoms with Gasteiger partial charge in [0.05, 0.1) is 6.61 Å². The molecule has 0 amide bonds. The van der Waals surface area contributed by atoms with E-state index in [4.69, 9.17) is 4.74 Å². The van der Waals surface area contributed by atoms with Crippen LogP contribution in [0.4, 0.5) is 0 Å². The van der Waals surface area contributed by atoms with Crippen LogP contribution in [-0.2, 0) is 4.74 Å². The molecule has 0 aromatic carbocycles. The van der Waals surface area contributed by atoms with Gasteiger partial charge in [-0.2, -0.15) is 0 Å². The Morgan fingerprint density at radius 1 is 1.28 bits per heavy atom. The average Bonchev–Trinajstić information content (AvgIpc) is 2.99. The number of nitrogens with zero attached hydrogens (tertiary/aromatic N) is 1. The van der Waals surface area contributed by atoms with Crippen LogP contribution >= 0.6 is 0 Å². The second-order valence-electron chi connectivity index (χ2n) is 5.97. The van der Waals surface area contributed by atoms with E-state index in [0.29, 0.717) is 6.04 Å². The number of rotatable bonds is 6. The molecule has 0 saturated carbocycles. The molecule has 2 saturated heterocycles. The molecule has 4 atom stereocenters. The molecule has 0 radical (unpaired) electrons. The Morgan fingerprint density at radius 3 is 2.72 bits per heavy atom. The molecule has 0 spiro atoms. The molecule has 18 heavy (non-hydrogen) atoms. The van der Waals surface area contributed by atoms with Crippen LogP contribution in [0, 0.1) is 5.92 Å². The minimum atomic E-state index is 0.618. The highest BCUT2D eigenvalue weighted by molar-refractivity contribution is 4.90. The Hall–Kier alpha value is -0.120. The third kappa shape index (κ3) is 3.25. The minimum Gasteiger partial charge on any atom is -0.381 e. The molecule has 0 bridgehead atoms. The van der Waals surface area contributed by atoms with Gasteiger partial charge in [-0.3, -0.25) is 4.90 Å². The lowest BCUT2D eigenvalue weighted by Gasteiger charge is -2.34. The van der Waals surface area contributed by atoms with Crippen LogP contribution in [0.3, 0.4) is 0 Å². The van der Waals surface area contributed by atoms with Crippen molar-refractivity contribution < 1.29 is 4.74 Å². The van der Waals surface area contributed by atoms with Gasteiger partial charge in [-0.25, -0.2) is 0 Å². The van der Waals surface area contributed by atoms with E-state index < -0.39 is 0 Å². The molecule has 4 unspecified atom stereocenters. The zero-order chi connectivity index (χ0) is 13.0. The molecule has 0 aliphatic carbocycles. The van der Waals surface area contributed by atoms with Gasteiger partial charge in [0.15, 0.2) is 0 Å². The summed E-state index contributed by atoms with van der Waals surface area (Å²) in [5.74, 6) is 0.718. The van der Waals surface area contributed by atoms with Crippen LogP contribution in [-0.4, -0.2) is 49.3 Å². The smallest absolute Gasteiger partial charge is 0.0510 e. The molecule has 3 heteroatoms. The molecule has 0 aromatic rings. The predicted molar refractivity (Wildman–Crippen MR) is 75.9 cm³/mol. The van der Waals surface area contributed by atoms with Crippen LogP contribution < -0.4 is 5.32 Å². The molecule has 2 aliphatic rings. The van der Waals surface area contributed by atoms with Gasteiger partial charge >= 0.3 is 0 Å². The lowest BCUT2D eigenvalue weighted by molar-refractivity contribution is 0.138. The lowest BCUT2D eigenvalue weighted by Crippen LogP contribution is -2.49. The first kappa shape index (κ1) is 14.3. The number of likely N-dealkylation sites (tertiary alicyclic amines) is 1. The van der Waals surface area contributed by atoms with Gasteiger partial charge in [0, 0.05) is 37.2 Å². The number of likely N-dealkylation sites (N-methyl/N-ethyl adjacent to an activating group) is 1. The van der Waals surface area contributed by atoms with Crippen LogP contribution in [0.15, 0.2) is 0 Å². The van der Waals surface area contributed by atoms with Crippen molar-refractivity contribution in [1.82, 2.24) is 10.2 Å². The molecular formula is C15H30N2O. The zero-order valence-corrected chi connectivity index (χ0v) is 12.3. The van der Waals surface area contributed by atoms with Gasteiger partial charge in [0.1, 0.15) is 0 Å². The SMILES string of the molecule is CCNC(CN1C(C)CCC1CC)C1CCOC1. The van der Waals surface area contributed by atoms with Gasteiger partial charge in [0.25, 0.3) is 0 Å². The number of hydrogen-bond donors (Lipinski definition) is 1. The summed E-state index contributed by atoms with van der Waals surface area (Å²) in [4.78, 5) is 2.74. The first-order valence-corrected chi connectivity index (χ1v) is 7.83. The fourth-order valence-corrected chi connectivity index (χ4v) is 3.63. The van der Waals surface area contributed by atoms with E-state index in [1.54, 1.807) is 0 Å². The quantitative estimate of drug-likeness (QED) is 0.787. The molecule has 2 heterocycles. The predicted octanol–water partition coefficient (Wildman–Crippen LogP) is 2.26. The van der Waals surface area contributed by atoms with Crippen molar-refractivity contribution in [3.05, 3.63) is 0 Å². The molecule has 2 fully saturated rings. The monoisotopic (exact) mass is 254 g/mol. The second-order valence-corrected chi connectivity index (χ2v) is 5.97. The third-order valence-corrected chi connectivity index (χ3v) is 4.83. The van der Waals surface area contributed by atoms with Gasteiger partial charge in [-0.05, 0) is 39.2 Å². The van der Waals surface area contributed by atoms with Gasteiger partial charge in [-0.1, -0.05) is 13.8 Å². The van der Waals surface area contributed by atoms with Crippen molar-refractivity contribution in [1.29, 1.82) is 0 Å².